The molecule has 1 fully saturated rings. The number of carboxylic acid groups (broad SMARTS) is 1. The van der Waals surface area contributed by atoms with Crippen molar-refractivity contribution >= 4 is 11.8 Å². The van der Waals surface area contributed by atoms with Crippen molar-refractivity contribution in [1.29, 1.82) is 0 Å². The number of aliphatic hydroxyl groups excluding tert-OH is 4. The van der Waals surface area contributed by atoms with Crippen LogP contribution in [0.1, 0.15) is 11.7 Å². The quantitative estimate of drug-likeness (QED) is 0.433. The first-order chi connectivity index (χ1) is 9.95. The van der Waals surface area contributed by atoms with Crippen molar-refractivity contribution in [3.63, 3.8) is 0 Å². The Kier molecular flexibility index (Phi) is 4.76. The van der Waals surface area contributed by atoms with Crippen LogP contribution < -0.4 is 5.32 Å². The van der Waals surface area contributed by atoms with Gasteiger partial charge in [-0.15, -0.1) is 0 Å². The second kappa shape index (κ2) is 6.37. The van der Waals surface area contributed by atoms with Crippen LogP contribution in [-0.4, -0.2) is 62.6 Å². The summed E-state index contributed by atoms with van der Waals surface area (Å²) in [5.41, 5.74) is 0.492. The lowest BCUT2D eigenvalue weighted by Gasteiger charge is -2.40. The maximum atomic E-state index is 10.8. The van der Waals surface area contributed by atoms with E-state index < -0.39 is 43.2 Å². The predicted octanol–water partition coefficient (Wildman–Crippen LogP) is -0.709. The van der Waals surface area contributed by atoms with Crippen LogP contribution in [0.15, 0.2) is 24.3 Å². The van der Waals surface area contributed by atoms with Crippen LogP contribution in [0.4, 0.5) is 10.5 Å². The molecule has 1 aliphatic heterocycles. The van der Waals surface area contributed by atoms with Crippen molar-refractivity contribution in [2.24, 2.45) is 0 Å². The molecule has 116 valence electrons. The maximum Gasteiger partial charge on any atom is 0.409 e. The summed E-state index contributed by atoms with van der Waals surface area (Å²) in [5, 5.41) is 49.7. The van der Waals surface area contributed by atoms with Crippen molar-refractivity contribution in [2.45, 2.75) is 30.5 Å². The molecule has 8 heteroatoms. The number of anilines is 1. The molecule has 5 atom stereocenters. The summed E-state index contributed by atoms with van der Waals surface area (Å²) in [6, 6.07) is 6.21. The predicted molar refractivity (Wildman–Crippen MR) is 70.8 cm³/mol. The van der Waals surface area contributed by atoms with Crippen LogP contribution in [0.25, 0.3) is 0 Å². The first-order valence-corrected chi connectivity index (χ1v) is 6.35. The van der Waals surface area contributed by atoms with Gasteiger partial charge in [0.1, 0.15) is 30.5 Å². The maximum absolute atomic E-state index is 10.8. The van der Waals surface area contributed by atoms with Crippen molar-refractivity contribution < 1.29 is 35.1 Å². The van der Waals surface area contributed by atoms with Crippen LogP contribution in [-0.2, 0) is 4.74 Å². The molecule has 0 unspecified atom stereocenters. The molecule has 1 aliphatic rings. The first kappa shape index (κ1) is 15.7. The first-order valence-electron chi connectivity index (χ1n) is 6.35. The van der Waals surface area contributed by atoms with Crippen LogP contribution in [0, 0.1) is 0 Å². The van der Waals surface area contributed by atoms with Crippen molar-refractivity contribution in [3.8, 4) is 0 Å². The normalized spacial score (nSPS) is 32.7. The topological polar surface area (TPSA) is 139 Å². The molecule has 1 amide bonds. The third-order valence-electron chi connectivity index (χ3n) is 3.40. The molecule has 2 rings (SSSR count). The monoisotopic (exact) mass is 299 g/mol. The summed E-state index contributed by atoms with van der Waals surface area (Å²) < 4.78 is 5.40. The molecule has 1 aromatic rings. The van der Waals surface area contributed by atoms with E-state index in [-0.39, 0.29) is 5.69 Å². The Hall–Kier alpha value is -1.71. The Labute approximate surface area is 120 Å². The molecule has 1 saturated heterocycles. The Morgan fingerprint density at radius 1 is 1.14 bits per heavy atom. The van der Waals surface area contributed by atoms with E-state index >= 15 is 0 Å². The second-order valence-corrected chi connectivity index (χ2v) is 4.77. The smallest absolute Gasteiger partial charge is 0.409 e. The number of ether oxygens (including phenoxy) is 1. The van der Waals surface area contributed by atoms with Crippen LogP contribution in [0.2, 0.25) is 0 Å². The van der Waals surface area contributed by atoms with Gasteiger partial charge in [0.15, 0.2) is 0 Å². The number of carbonyl (C=O) groups is 1. The Bertz CT molecular complexity index is 507. The van der Waals surface area contributed by atoms with E-state index in [0.717, 1.165) is 0 Å². The van der Waals surface area contributed by atoms with Gasteiger partial charge in [-0.05, 0) is 6.07 Å². The zero-order valence-corrected chi connectivity index (χ0v) is 11.0. The fourth-order valence-corrected chi connectivity index (χ4v) is 2.33. The average molecular weight is 299 g/mol. The van der Waals surface area contributed by atoms with Crippen molar-refractivity contribution in [2.75, 3.05) is 11.9 Å². The molecule has 1 aromatic carbocycles. The fraction of sp³-hybridized carbons (Fsp3) is 0.462. The number of benzene rings is 1. The lowest BCUT2D eigenvalue weighted by molar-refractivity contribution is -0.231. The Morgan fingerprint density at radius 3 is 2.43 bits per heavy atom. The van der Waals surface area contributed by atoms with E-state index in [4.69, 9.17) is 14.9 Å². The van der Waals surface area contributed by atoms with Gasteiger partial charge in [-0.1, -0.05) is 18.2 Å². The number of hydrogen-bond donors (Lipinski definition) is 6. The van der Waals surface area contributed by atoms with Gasteiger partial charge in [0, 0.05) is 11.3 Å². The van der Waals surface area contributed by atoms with E-state index in [9.17, 15) is 20.1 Å². The lowest BCUT2D eigenvalue weighted by Crippen LogP contribution is -2.55. The van der Waals surface area contributed by atoms with Gasteiger partial charge < -0.3 is 30.3 Å². The highest BCUT2D eigenvalue weighted by molar-refractivity contribution is 5.84. The molecular weight excluding hydrogens is 282 g/mol. The average Bonchev–Trinajstić information content (AvgIpc) is 2.46. The number of hydrogen-bond acceptors (Lipinski definition) is 6. The molecule has 21 heavy (non-hydrogen) atoms. The largest absolute Gasteiger partial charge is 0.465 e. The molecule has 0 aliphatic carbocycles. The third-order valence-corrected chi connectivity index (χ3v) is 3.40. The van der Waals surface area contributed by atoms with E-state index in [2.05, 4.69) is 5.32 Å². The molecular formula is C13H17NO7. The van der Waals surface area contributed by atoms with Gasteiger partial charge in [0.05, 0.1) is 6.61 Å². The zero-order valence-electron chi connectivity index (χ0n) is 11.0. The zero-order chi connectivity index (χ0) is 15.6. The summed E-state index contributed by atoms with van der Waals surface area (Å²) in [4.78, 5) is 10.8. The minimum Gasteiger partial charge on any atom is -0.465 e. The lowest BCUT2D eigenvalue weighted by atomic mass is 9.90. The summed E-state index contributed by atoms with van der Waals surface area (Å²) >= 11 is 0. The number of nitrogens with one attached hydrogen (secondary N) is 1. The van der Waals surface area contributed by atoms with Gasteiger partial charge in [0.2, 0.25) is 0 Å². The van der Waals surface area contributed by atoms with Crippen LogP contribution in [0.3, 0.4) is 0 Å². The molecule has 0 saturated carbocycles. The molecule has 0 bridgehead atoms. The van der Waals surface area contributed by atoms with Gasteiger partial charge >= 0.3 is 6.09 Å². The highest BCUT2D eigenvalue weighted by Crippen LogP contribution is 2.35. The molecule has 0 spiro atoms. The molecule has 1 heterocycles. The molecule has 8 nitrogen and oxygen atoms in total. The van der Waals surface area contributed by atoms with E-state index in [1.807, 2.05) is 0 Å². The molecule has 0 radical (unpaired) electrons. The Morgan fingerprint density at radius 2 is 1.81 bits per heavy atom. The highest BCUT2D eigenvalue weighted by Gasteiger charge is 2.44. The van der Waals surface area contributed by atoms with E-state index in [1.54, 1.807) is 12.1 Å². The van der Waals surface area contributed by atoms with Crippen LogP contribution >= 0.6 is 0 Å². The molecule has 0 aromatic heterocycles. The summed E-state index contributed by atoms with van der Waals surface area (Å²) in [5.74, 6) is 0. The second-order valence-electron chi connectivity index (χ2n) is 4.77. The highest BCUT2D eigenvalue weighted by atomic mass is 16.5. The molecule has 6 N–H and O–H groups in total. The van der Waals surface area contributed by atoms with Gasteiger partial charge in [-0.25, -0.2) is 4.79 Å². The third kappa shape index (κ3) is 3.14. The number of rotatable bonds is 3. The number of aliphatic hydroxyl groups is 4. The number of para-hydroxylation sites is 1. The minimum atomic E-state index is -1.52. The van der Waals surface area contributed by atoms with Gasteiger partial charge in [0.25, 0.3) is 0 Å². The van der Waals surface area contributed by atoms with Crippen molar-refractivity contribution in [3.05, 3.63) is 29.8 Å². The van der Waals surface area contributed by atoms with E-state index in [0.29, 0.717) is 5.56 Å². The fourth-order valence-electron chi connectivity index (χ4n) is 2.33. The SMILES string of the molecule is O=C(O)Nc1ccccc1[C@@H]1O[C@H](CO)[C@@H](O)[C@H](O)[C@H]1O. The van der Waals surface area contributed by atoms with Crippen molar-refractivity contribution in [1.82, 2.24) is 0 Å². The van der Waals surface area contributed by atoms with Gasteiger partial charge in [-0.2, -0.15) is 0 Å². The van der Waals surface area contributed by atoms with Gasteiger partial charge in [-0.3, -0.25) is 5.32 Å². The minimum absolute atomic E-state index is 0.189. The number of amides is 1. The Balaban J connectivity index is 2.34. The summed E-state index contributed by atoms with van der Waals surface area (Å²) in [6.07, 6.45) is -7.85. The van der Waals surface area contributed by atoms with Crippen LogP contribution in [0.5, 0.6) is 0 Å². The summed E-state index contributed by atoms with van der Waals surface area (Å²) in [7, 11) is 0. The standard InChI is InChI=1S/C13H17NO7/c15-5-8-9(16)10(17)11(18)12(21-8)6-3-1-2-4-7(6)14-13(19)20/h1-4,8-12,14-18H,5H2,(H,19,20)/t8-,9-,10+,11-,12+/m1/s1. The summed E-state index contributed by atoms with van der Waals surface area (Å²) in [6.45, 7) is -0.546. The van der Waals surface area contributed by atoms with E-state index in [1.165, 1.54) is 12.1 Å².